The third-order valence-corrected chi connectivity index (χ3v) is 4.58. The highest BCUT2D eigenvalue weighted by atomic mass is 32.2. The molecule has 0 aliphatic carbocycles. The van der Waals surface area contributed by atoms with Gasteiger partial charge in [-0.1, -0.05) is 0 Å². The molecule has 0 saturated carbocycles. The zero-order valence-electron chi connectivity index (χ0n) is 13.6. The smallest absolute Gasteiger partial charge is 0.276 e. The third-order valence-electron chi connectivity index (χ3n) is 3.75. The molecule has 0 unspecified atom stereocenters. The average Bonchev–Trinajstić information content (AvgIpc) is 2.99. The van der Waals surface area contributed by atoms with E-state index in [9.17, 15) is 13.2 Å². The van der Waals surface area contributed by atoms with Gasteiger partial charge < -0.3 is 9.30 Å². The van der Waals surface area contributed by atoms with Crippen LogP contribution in [0.25, 0.3) is 16.8 Å². The first-order valence-electron chi connectivity index (χ1n) is 7.17. The number of hydrogen-bond donors (Lipinski definition) is 0. The van der Waals surface area contributed by atoms with Gasteiger partial charge in [0.2, 0.25) is 0 Å². The summed E-state index contributed by atoms with van der Waals surface area (Å²) in [6.07, 6.45) is 5.95. The lowest BCUT2D eigenvalue weighted by Crippen LogP contribution is -2.19. The van der Waals surface area contributed by atoms with E-state index >= 15 is 0 Å². The minimum Gasteiger partial charge on any atom is -0.496 e. The molecule has 0 fully saturated rings. The molecule has 0 N–H and O–H groups in total. The summed E-state index contributed by atoms with van der Waals surface area (Å²) in [5.41, 5.74) is 2.38. The van der Waals surface area contributed by atoms with Gasteiger partial charge in [0.05, 0.1) is 31.1 Å². The molecule has 0 radical (unpaired) electrons. The molecule has 0 aliphatic heterocycles. The minimum absolute atomic E-state index is 0.122. The van der Waals surface area contributed by atoms with E-state index in [0.29, 0.717) is 16.8 Å². The maximum atomic E-state index is 12.1. The van der Waals surface area contributed by atoms with Gasteiger partial charge in [0.25, 0.3) is 5.56 Å². The highest BCUT2D eigenvalue weighted by Gasteiger charge is 2.14. The molecule has 0 amide bonds. The van der Waals surface area contributed by atoms with Crippen LogP contribution >= 0.6 is 0 Å². The predicted octanol–water partition coefficient (Wildman–Crippen LogP) is 1.25. The summed E-state index contributed by atoms with van der Waals surface area (Å²) in [6.45, 7) is 0. The second kappa shape index (κ2) is 5.79. The van der Waals surface area contributed by atoms with Crippen LogP contribution in [0.3, 0.4) is 0 Å². The van der Waals surface area contributed by atoms with Crippen LogP contribution < -0.4 is 10.3 Å². The first kappa shape index (κ1) is 16.3. The zero-order chi connectivity index (χ0) is 17.5. The molecular formula is C16H17N3O4S. The number of rotatable bonds is 4. The van der Waals surface area contributed by atoms with E-state index in [2.05, 4.69) is 4.98 Å². The molecular weight excluding hydrogens is 330 g/mol. The largest absolute Gasteiger partial charge is 0.496 e. The van der Waals surface area contributed by atoms with Crippen LogP contribution in [0.15, 0.2) is 41.7 Å². The quantitative estimate of drug-likeness (QED) is 0.709. The van der Waals surface area contributed by atoms with Gasteiger partial charge in [-0.3, -0.25) is 9.20 Å². The molecule has 2 heterocycles. The topological polar surface area (TPSA) is 82.7 Å². The number of ether oxygens (including phenoxy) is 1. The van der Waals surface area contributed by atoms with E-state index in [1.807, 2.05) is 6.07 Å². The predicted molar refractivity (Wildman–Crippen MR) is 91.0 cm³/mol. The average molecular weight is 347 g/mol. The molecule has 0 saturated heterocycles. The van der Waals surface area contributed by atoms with E-state index in [4.69, 9.17) is 4.74 Å². The first-order valence-corrected chi connectivity index (χ1v) is 9.23. The molecule has 0 aliphatic rings. The van der Waals surface area contributed by atoms with Gasteiger partial charge in [-0.2, -0.15) is 0 Å². The summed E-state index contributed by atoms with van der Waals surface area (Å²) in [7, 11) is -0.0421. The Hall–Kier alpha value is -2.61. The van der Waals surface area contributed by atoms with Crippen molar-refractivity contribution in [1.82, 2.24) is 14.0 Å². The van der Waals surface area contributed by atoms with Crippen LogP contribution in [0.2, 0.25) is 0 Å². The Morgan fingerprint density at radius 1 is 1.29 bits per heavy atom. The van der Waals surface area contributed by atoms with E-state index < -0.39 is 9.84 Å². The van der Waals surface area contributed by atoms with Crippen LogP contribution in [0.4, 0.5) is 0 Å². The van der Waals surface area contributed by atoms with Crippen molar-refractivity contribution < 1.29 is 13.2 Å². The molecule has 24 heavy (non-hydrogen) atoms. The van der Waals surface area contributed by atoms with Crippen molar-refractivity contribution in [2.24, 2.45) is 7.05 Å². The number of sulfone groups is 1. The number of benzene rings is 1. The Morgan fingerprint density at radius 3 is 2.71 bits per heavy atom. The van der Waals surface area contributed by atoms with Gasteiger partial charge in [-0.25, -0.2) is 13.4 Å². The maximum Gasteiger partial charge on any atom is 0.276 e. The van der Waals surface area contributed by atoms with Gasteiger partial charge in [0.15, 0.2) is 9.84 Å². The summed E-state index contributed by atoms with van der Waals surface area (Å²) in [5.74, 6) is 0.388. The fourth-order valence-electron chi connectivity index (χ4n) is 2.68. The molecule has 0 spiro atoms. The molecule has 3 rings (SSSR count). The van der Waals surface area contributed by atoms with Gasteiger partial charge >= 0.3 is 0 Å². The van der Waals surface area contributed by atoms with E-state index in [-0.39, 0.29) is 11.3 Å². The van der Waals surface area contributed by atoms with E-state index in [1.54, 1.807) is 36.1 Å². The lowest BCUT2D eigenvalue weighted by molar-refractivity contribution is 0.411. The normalized spacial score (nSPS) is 11.8. The van der Waals surface area contributed by atoms with Crippen LogP contribution in [0.5, 0.6) is 5.75 Å². The Balaban J connectivity index is 2.24. The number of methoxy groups -OCH3 is 1. The van der Waals surface area contributed by atoms with Crippen molar-refractivity contribution in [3.8, 4) is 17.0 Å². The Morgan fingerprint density at radius 2 is 2.04 bits per heavy atom. The number of fused-ring (bicyclic) bond motifs is 1. The highest BCUT2D eigenvalue weighted by molar-refractivity contribution is 7.89. The number of hydrogen-bond acceptors (Lipinski definition) is 5. The van der Waals surface area contributed by atoms with E-state index in [0.717, 1.165) is 11.3 Å². The van der Waals surface area contributed by atoms with Crippen molar-refractivity contribution in [2.45, 2.75) is 5.75 Å². The van der Waals surface area contributed by atoms with Crippen LogP contribution in [0.1, 0.15) is 5.56 Å². The van der Waals surface area contributed by atoms with Crippen molar-refractivity contribution in [3.05, 3.63) is 52.8 Å². The Bertz CT molecular complexity index is 1080. The SMILES string of the molecule is COc1ccc(-c2cn(C)c(=O)c3cncn23)cc1CS(C)(=O)=O. The molecule has 1 aromatic carbocycles. The lowest BCUT2D eigenvalue weighted by atomic mass is 10.1. The molecule has 8 heteroatoms. The van der Waals surface area contributed by atoms with Gasteiger partial charge in [-0.15, -0.1) is 0 Å². The molecule has 3 aromatic rings. The van der Waals surface area contributed by atoms with Crippen molar-refractivity contribution in [2.75, 3.05) is 13.4 Å². The minimum atomic E-state index is -3.21. The third kappa shape index (κ3) is 2.92. The molecule has 0 bridgehead atoms. The fraction of sp³-hybridized carbons (Fsp3) is 0.250. The molecule has 2 aromatic heterocycles. The van der Waals surface area contributed by atoms with Gasteiger partial charge in [0.1, 0.15) is 11.3 Å². The van der Waals surface area contributed by atoms with Crippen molar-refractivity contribution >= 4 is 15.4 Å². The van der Waals surface area contributed by atoms with Gasteiger partial charge in [-0.05, 0) is 18.2 Å². The summed E-state index contributed by atoms with van der Waals surface area (Å²) in [6, 6.07) is 5.31. The Labute approximate surface area is 139 Å². The van der Waals surface area contributed by atoms with Crippen molar-refractivity contribution in [1.29, 1.82) is 0 Å². The first-order chi connectivity index (χ1) is 11.3. The number of nitrogens with zero attached hydrogens (tertiary/aromatic N) is 3. The van der Waals surface area contributed by atoms with Gasteiger partial charge in [0, 0.05) is 30.6 Å². The Kier molecular flexibility index (Phi) is 3.92. The van der Waals surface area contributed by atoms with Crippen LogP contribution in [-0.4, -0.2) is 35.7 Å². The van der Waals surface area contributed by atoms with E-state index in [1.165, 1.54) is 24.1 Å². The second-order valence-corrected chi connectivity index (χ2v) is 7.82. The highest BCUT2D eigenvalue weighted by Crippen LogP contribution is 2.28. The molecule has 0 atom stereocenters. The van der Waals surface area contributed by atoms with Crippen LogP contribution in [0, 0.1) is 0 Å². The number of aromatic nitrogens is 3. The standard InChI is InChI=1S/C16H17N3O4S/c1-18-8-14(19-10-17-7-13(19)16(18)20)11-4-5-15(23-2)12(6-11)9-24(3,21)22/h4-8,10H,9H2,1-3H3. The van der Waals surface area contributed by atoms with Crippen LogP contribution in [-0.2, 0) is 22.6 Å². The summed E-state index contributed by atoms with van der Waals surface area (Å²) >= 11 is 0. The maximum absolute atomic E-state index is 12.1. The fourth-order valence-corrected chi connectivity index (χ4v) is 3.47. The molecule has 7 nitrogen and oxygen atoms in total. The summed E-state index contributed by atoms with van der Waals surface area (Å²) in [5, 5.41) is 0. The second-order valence-electron chi connectivity index (χ2n) is 5.68. The lowest BCUT2D eigenvalue weighted by Gasteiger charge is -2.12. The summed E-state index contributed by atoms with van der Waals surface area (Å²) < 4.78 is 31.8. The van der Waals surface area contributed by atoms with Crippen molar-refractivity contribution in [3.63, 3.8) is 0 Å². The number of aryl methyl sites for hydroxylation is 1. The monoisotopic (exact) mass is 347 g/mol. The summed E-state index contributed by atoms with van der Waals surface area (Å²) in [4.78, 5) is 16.2. The zero-order valence-corrected chi connectivity index (χ0v) is 14.4. The number of imidazole rings is 1. The molecule has 126 valence electrons.